The Hall–Kier alpha value is -1.61. The van der Waals surface area contributed by atoms with Crippen molar-refractivity contribution in [3.63, 3.8) is 0 Å². The summed E-state index contributed by atoms with van der Waals surface area (Å²) in [6, 6.07) is 9.05. The summed E-state index contributed by atoms with van der Waals surface area (Å²) in [5, 5.41) is 7.95. The van der Waals surface area contributed by atoms with E-state index < -0.39 is 0 Å². The van der Waals surface area contributed by atoms with E-state index in [1.807, 2.05) is 11.7 Å². The predicted octanol–water partition coefficient (Wildman–Crippen LogP) is 2.93. The summed E-state index contributed by atoms with van der Waals surface area (Å²) in [5.74, 6) is 0. The van der Waals surface area contributed by atoms with Gasteiger partial charge in [-0.05, 0) is 39.3 Å². The molecule has 0 amide bonds. The highest BCUT2D eigenvalue weighted by molar-refractivity contribution is 5.23. The molecule has 1 N–H and O–H groups in total. The average Bonchev–Trinajstić information content (AvgIpc) is 2.68. The van der Waals surface area contributed by atoms with Gasteiger partial charge >= 0.3 is 0 Å². The van der Waals surface area contributed by atoms with Crippen molar-refractivity contribution in [2.45, 2.75) is 33.2 Å². The van der Waals surface area contributed by atoms with Gasteiger partial charge in [-0.3, -0.25) is 4.68 Å². The second-order valence-electron chi connectivity index (χ2n) is 5.26. The molecule has 0 aliphatic heterocycles. The Balaban J connectivity index is 1.87. The molecule has 0 saturated carbocycles. The number of aromatic nitrogens is 2. The van der Waals surface area contributed by atoms with Crippen molar-refractivity contribution >= 4 is 0 Å². The van der Waals surface area contributed by atoms with Crippen LogP contribution in [0.25, 0.3) is 0 Å². The zero-order valence-electron chi connectivity index (χ0n) is 12.3. The van der Waals surface area contributed by atoms with Crippen molar-refractivity contribution in [2.24, 2.45) is 7.05 Å². The fraction of sp³-hybridized carbons (Fsp3) is 0.438. The molecule has 0 bridgehead atoms. The molecule has 102 valence electrons. The first kappa shape index (κ1) is 13.8. The highest BCUT2D eigenvalue weighted by Gasteiger charge is 2.10. The van der Waals surface area contributed by atoms with Gasteiger partial charge in [0.05, 0.1) is 5.69 Å². The molecule has 0 aliphatic rings. The van der Waals surface area contributed by atoms with E-state index in [2.05, 4.69) is 61.6 Å². The van der Waals surface area contributed by atoms with Crippen LogP contribution in [0, 0.1) is 13.8 Å². The Bertz CT molecular complexity index is 543. The molecule has 1 unspecified atom stereocenters. The second kappa shape index (κ2) is 6.02. The normalized spacial score (nSPS) is 12.6. The molecule has 3 heteroatoms. The molecule has 0 radical (unpaired) electrons. The van der Waals surface area contributed by atoms with Crippen LogP contribution in [0.3, 0.4) is 0 Å². The fourth-order valence-electron chi connectivity index (χ4n) is 2.45. The molecule has 0 spiro atoms. The van der Waals surface area contributed by atoms with Crippen molar-refractivity contribution < 1.29 is 0 Å². The summed E-state index contributed by atoms with van der Waals surface area (Å²) >= 11 is 0. The van der Waals surface area contributed by atoms with Gasteiger partial charge in [-0.15, -0.1) is 0 Å². The van der Waals surface area contributed by atoms with Gasteiger partial charge < -0.3 is 5.32 Å². The minimum absolute atomic E-state index is 0.346. The zero-order chi connectivity index (χ0) is 13.8. The number of hydrogen-bond donors (Lipinski definition) is 1. The maximum atomic E-state index is 4.39. The second-order valence-corrected chi connectivity index (χ2v) is 5.26. The molecule has 0 saturated heterocycles. The van der Waals surface area contributed by atoms with Crippen LogP contribution >= 0.6 is 0 Å². The highest BCUT2D eigenvalue weighted by Crippen LogP contribution is 2.15. The van der Waals surface area contributed by atoms with Crippen molar-refractivity contribution in [3.05, 3.63) is 52.8 Å². The molecular formula is C16H23N3. The standard InChI is InChI=1S/C16H23N3/c1-12-6-5-7-15(10-12)8-9-17-13(2)16-11-19(4)18-14(16)3/h5-7,10-11,13,17H,8-9H2,1-4H3. The average molecular weight is 257 g/mol. The minimum atomic E-state index is 0.346. The summed E-state index contributed by atoms with van der Waals surface area (Å²) in [6.45, 7) is 7.38. The van der Waals surface area contributed by atoms with E-state index in [0.717, 1.165) is 18.7 Å². The number of aryl methyl sites for hydroxylation is 3. The van der Waals surface area contributed by atoms with Gasteiger partial charge in [-0.1, -0.05) is 29.8 Å². The molecule has 2 rings (SSSR count). The molecule has 1 atom stereocenters. The van der Waals surface area contributed by atoms with Crippen LogP contribution in [-0.4, -0.2) is 16.3 Å². The van der Waals surface area contributed by atoms with Crippen LogP contribution in [0.5, 0.6) is 0 Å². The van der Waals surface area contributed by atoms with E-state index in [1.54, 1.807) is 0 Å². The Morgan fingerprint density at radius 1 is 1.32 bits per heavy atom. The number of hydrogen-bond acceptors (Lipinski definition) is 2. The van der Waals surface area contributed by atoms with Gasteiger partial charge in [0, 0.05) is 24.8 Å². The lowest BCUT2D eigenvalue weighted by Crippen LogP contribution is -2.21. The van der Waals surface area contributed by atoms with Crippen LogP contribution < -0.4 is 5.32 Å². The summed E-state index contributed by atoms with van der Waals surface area (Å²) in [4.78, 5) is 0. The van der Waals surface area contributed by atoms with E-state index >= 15 is 0 Å². The third kappa shape index (κ3) is 3.67. The Morgan fingerprint density at radius 3 is 2.74 bits per heavy atom. The van der Waals surface area contributed by atoms with Crippen LogP contribution in [0.1, 0.15) is 35.3 Å². The number of benzene rings is 1. The Kier molecular flexibility index (Phi) is 4.38. The summed E-state index contributed by atoms with van der Waals surface area (Å²) < 4.78 is 1.88. The number of nitrogens with one attached hydrogen (secondary N) is 1. The quantitative estimate of drug-likeness (QED) is 0.892. The first-order chi connectivity index (χ1) is 9.06. The predicted molar refractivity (Wildman–Crippen MR) is 79.2 cm³/mol. The van der Waals surface area contributed by atoms with Crippen molar-refractivity contribution in [2.75, 3.05) is 6.54 Å². The van der Waals surface area contributed by atoms with E-state index in [4.69, 9.17) is 0 Å². The molecule has 0 fully saturated rings. The van der Waals surface area contributed by atoms with E-state index in [9.17, 15) is 0 Å². The molecule has 2 aromatic rings. The van der Waals surface area contributed by atoms with Crippen LogP contribution in [-0.2, 0) is 13.5 Å². The number of nitrogens with zero attached hydrogens (tertiary/aromatic N) is 2. The van der Waals surface area contributed by atoms with Gasteiger partial charge in [0.2, 0.25) is 0 Å². The molecule has 19 heavy (non-hydrogen) atoms. The molecule has 3 nitrogen and oxygen atoms in total. The topological polar surface area (TPSA) is 29.9 Å². The number of rotatable bonds is 5. The summed E-state index contributed by atoms with van der Waals surface area (Å²) in [5.41, 5.74) is 5.11. The maximum absolute atomic E-state index is 4.39. The third-order valence-electron chi connectivity index (χ3n) is 3.46. The van der Waals surface area contributed by atoms with Gasteiger partial charge in [-0.25, -0.2) is 0 Å². The lowest BCUT2D eigenvalue weighted by Gasteiger charge is -2.13. The minimum Gasteiger partial charge on any atom is -0.310 e. The molecule has 1 aromatic carbocycles. The monoisotopic (exact) mass is 257 g/mol. The Labute approximate surface area is 115 Å². The molecule has 0 aliphatic carbocycles. The summed E-state index contributed by atoms with van der Waals surface area (Å²) in [7, 11) is 1.97. The van der Waals surface area contributed by atoms with Gasteiger partial charge in [0.1, 0.15) is 0 Å². The molecular weight excluding hydrogens is 234 g/mol. The first-order valence-corrected chi connectivity index (χ1v) is 6.85. The largest absolute Gasteiger partial charge is 0.310 e. The van der Waals surface area contributed by atoms with Crippen LogP contribution in [0.15, 0.2) is 30.5 Å². The van der Waals surface area contributed by atoms with Gasteiger partial charge in [0.25, 0.3) is 0 Å². The summed E-state index contributed by atoms with van der Waals surface area (Å²) in [6.07, 6.45) is 3.16. The first-order valence-electron chi connectivity index (χ1n) is 6.85. The van der Waals surface area contributed by atoms with Gasteiger partial charge in [0.15, 0.2) is 0 Å². The van der Waals surface area contributed by atoms with Crippen molar-refractivity contribution in [1.29, 1.82) is 0 Å². The van der Waals surface area contributed by atoms with E-state index in [0.29, 0.717) is 6.04 Å². The third-order valence-corrected chi connectivity index (χ3v) is 3.46. The van der Waals surface area contributed by atoms with Crippen LogP contribution in [0.2, 0.25) is 0 Å². The van der Waals surface area contributed by atoms with Crippen molar-refractivity contribution in [1.82, 2.24) is 15.1 Å². The highest BCUT2D eigenvalue weighted by atomic mass is 15.3. The maximum Gasteiger partial charge on any atom is 0.0641 e. The Morgan fingerprint density at radius 2 is 2.11 bits per heavy atom. The van der Waals surface area contributed by atoms with Crippen LogP contribution in [0.4, 0.5) is 0 Å². The molecule has 1 heterocycles. The smallest absolute Gasteiger partial charge is 0.0641 e. The lowest BCUT2D eigenvalue weighted by molar-refractivity contribution is 0.574. The SMILES string of the molecule is Cc1cccc(CCNC(C)c2cn(C)nc2C)c1. The van der Waals surface area contributed by atoms with Gasteiger partial charge in [-0.2, -0.15) is 5.10 Å². The fourth-order valence-corrected chi connectivity index (χ4v) is 2.45. The van der Waals surface area contributed by atoms with E-state index in [-0.39, 0.29) is 0 Å². The molecule has 1 aromatic heterocycles. The lowest BCUT2D eigenvalue weighted by atomic mass is 10.1. The van der Waals surface area contributed by atoms with Crippen molar-refractivity contribution in [3.8, 4) is 0 Å². The zero-order valence-corrected chi connectivity index (χ0v) is 12.3. The van der Waals surface area contributed by atoms with E-state index in [1.165, 1.54) is 16.7 Å².